The average Bonchev–Trinajstić information content (AvgIpc) is 3.65. The molecule has 0 saturated heterocycles. The van der Waals surface area contributed by atoms with Gasteiger partial charge in [-0.3, -0.25) is 4.79 Å². The lowest BCUT2D eigenvalue weighted by Crippen LogP contribution is -2.15. The van der Waals surface area contributed by atoms with E-state index in [1.54, 1.807) is 29.8 Å². The van der Waals surface area contributed by atoms with E-state index in [-0.39, 0.29) is 24.6 Å². The Labute approximate surface area is 211 Å². The summed E-state index contributed by atoms with van der Waals surface area (Å²) < 4.78 is 12.5. The summed E-state index contributed by atoms with van der Waals surface area (Å²) in [6.45, 7) is 1.91. The summed E-state index contributed by atoms with van der Waals surface area (Å²) in [5.74, 6) is -0.151. The van der Waals surface area contributed by atoms with Crippen LogP contribution in [0.15, 0.2) is 88.9 Å². The minimum Gasteiger partial charge on any atom is -0.463 e. The van der Waals surface area contributed by atoms with E-state index in [0.29, 0.717) is 22.2 Å². The Morgan fingerprint density at radius 2 is 1.86 bits per heavy atom. The molecule has 0 unspecified atom stereocenters. The topological polar surface area (TPSA) is 99.2 Å². The fourth-order valence-corrected chi connectivity index (χ4v) is 4.37. The van der Waals surface area contributed by atoms with Crippen LogP contribution in [0.5, 0.6) is 0 Å². The van der Waals surface area contributed by atoms with E-state index in [9.17, 15) is 9.59 Å². The number of carbonyl (C=O) groups excluding carboxylic acids is 2. The lowest BCUT2D eigenvalue weighted by Gasteiger charge is -2.07. The Balaban J connectivity index is 1.26. The second-order valence-electron chi connectivity index (χ2n) is 7.99. The van der Waals surface area contributed by atoms with E-state index in [0.717, 1.165) is 16.9 Å². The van der Waals surface area contributed by atoms with Crippen molar-refractivity contribution in [3.05, 3.63) is 106 Å². The largest absolute Gasteiger partial charge is 0.463 e. The quantitative estimate of drug-likeness (QED) is 0.286. The van der Waals surface area contributed by atoms with Crippen LogP contribution < -0.4 is 5.32 Å². The van der Waals surface area contributed by atoms with Gasteiger partial charge in [-0.05, 0) is 42.8 Å². The SMILES string of the molecule is Cc1ccccc1NC(=O)Cc1nc(COC(=O)c2cc(-c3ccco3)nn2-c2ccccc2)cs1. The maximum atomic E-state index is 13.0. The van der Waals surface area contributed by atoms with Gasteiger partial charge < -0.3 is 14.5 Å². The van der Waals surface area contributed by atoms with Crippen LogP contribution in [0, 0.1) is 6.92 Å². The number of nitrogens with zero attached hydrogens (tertiary/aromatic N) is 3. The van der Waals surface area contributed by atoms with Crippen molar-refractivity contribution in [1.29, 1.82) is 0 Å². The van der Waals surface area contributed by atoms with Gasteiger partial charge >= 0.3 is 5.97 Å². The highest BCUT2D eigenvalue weighted by Gasteiger charge is 2.20. The molecule has 2 aromatic carbocycles. The van der Waals surface area contributed by atoms with Crippen LogP contribution in [-0.4, -0.2) is 26.6 Å². The smallest absolute Gasteiger partial charge is 0.357 e. The molecule has 5 rings (SSSR count). The van der Waals surface area contributed by atoms with E-state index < -0.39 is 5.97 Å². The number of para-hydroxylation sites is 2. The summed E-state index contributed by atoms with van der Waals surface area (Å²) in [7, 11) is 0. The van der Waals surface area contributed by atoms with E-state index in [2.05, 4.69) is 15.4 Å². The molecule has 0 spiro atoms. The van der Waals surface area contributed by atoms with Crippen molar-refractivity contribution in [3.63, 3.8) is 0 Å². The molecule has 3 aromatic heterocycles. The van der Waals surface area contributed by atoms with Gasteiger partial charge in [0, 0.05) is 17.1 Å². The van der Waals surface area contributed by atoms with Crippen LogP contribution in [0.2, 0.25) is 0 Å². The van der Waals surface area contributed by atoms with Crippen LogP contribution in [-0.2, 0) is 22.6 Å². The van der Waals surface area contributed by atoms with Gasteiger partial charge in [0.15, 0.2) is 11.5 Å². The zero-order valence-electron chi connectivity index (χ0n) is 19.4. The highest BCUT2D eigenvalue weighted by molar-refractivity contribution is 7.09. The fraction of sp³-hybridized carbons (Fsp3) is 0.111. The number of ether oxygens (including phenoxy) is 1. The number of esters is 1. The molecule has 0 radical (unpaired) electrons. The van der Waals surface area contributed by atoms with Gasteiger partial charge in [0.2, 0.25) is 5.91 Å². The Kier molecular flexibility index (Phi) is 6.72. The second kappa shape index (κ2) is 10.4. The fourth-order valence-electron chi connectivity index (χ4n) is 3.59. The van der Waals surface area contributed by atoms with Crippen molar-refractivity contribution >= 4 is 28.9 Å². The van der Waals surface area contributed by atoms with Crippen LogP contribution in [0.3, 0.4) is 0 Å². The molecule has 180 valence electrons. The standard InChI is InChI=1S/C27H22N4O4S/c1-18-8-5-6-11-21(18)29-25(32)15-26-28-19(17-36-26)16-35-27(33)23-14-22(24-12-7-13-34-24)30-31(23)20-9-3-2-4-10-20/h2-14,17H,15-16H2,1H3,(H,29,32). The summed E-state index contributed by atoms with van der Waals surface area (Å²) in [6.07, 6.45) is 1.69. The number of anilines is 1. The van der Waals surface area contributed by atoms with Crippen molar-refractivity contribution in [2.24, 2.45) is 0 Å². The minimum absolute atomic E-state index is 0.0230. The number of thiazole rings is 1. The molecule has 0 bridgehead atoms. The van der Waals surface area contributed by atoms with Crippen molar-refractivity contribution in [2.75, 3.05) is 5.32 Å². The van der Waals surface area contributed by atoms with Gasteiger partial charge in [-0.15, -0.1) is 11.3 Å². The first-order valence-electron chi connectivity index (χ1n) is 11.2. The first-order chi connectivity index (χ1) is 17.6. The van der Waals surface area contributed by atoms with Gasteiger partial charge in [0.1, 0.15) is 17.3 Å². The summed E-state index contributed by atoms with van der Waals surface area (Å²) in [5, 5.41) is 9.87. The number of carbonyl (C=O) groups is 2. The molecule has 0 atom stereocenters. The molecule has 0 aliphatic heterocycles. The molecule has 8 nitrogen and oxygen atoms in total. The van der Waals surface area contributed by atoms with Crippen molar-refractivity contribution < 1.29 is 18.7 Å². The van der Waals surface area contributed by atoms with Crippen molar-refractivity contribution in [1.82, 2.24) is 14.8 Å². The number of aryl methyl sites for hydroxylation is 1. The number of furan rings is 1. The van der Waals surface area contributed by atoms with Crippen LogP contribution in [0.1, 0.15) is 26.8 Å². The monoisotopic (exact) mass is 498 g/mol. The summed E-state index contributed by atoms with van der Waals surface area (Å²) in [4.78, 5) is 29.9. The number of amides is 1. The zero-order valence-corrected chi connectivity index (χ0v) is 20.2. The molecule has 36 heavy (non-hydrogen) atoms. The number of hydrogen-bond donors (Lipinski definition) is 1. The van der Waals surface area contributed by atoms with Crippen LogP contribution in [0.4, 0.5) is 5.69 Å². The Morgan fingerprint density at radius 1 is 1.06 bits per heavy atom. The van der Waals surface area contributed by atoms with Crippen LogP contribution in [0.25, 0.3) is 17.1 Å². The maximum Gasteiger partial charge on any atom is 0.357 e. The third-order valence-corrected chi connectivity index (χ3v) is 6.27. The van der Waals surface area contributed by atoms with Crippen molar-refractivity contribution in [3.8, 4) is 17.1 Å². The number of benzene rings is 2. The third kappa shape index (κ3) is 5.26. The Bertz CT molecular complexity index is 1490. The molecule has 0 saturated carbocycles. The number of hydrogen-bond acceptors (Lipinski definition) is 7. The third-order valence-electron chi connectivity index (χ3n) is 5.37. The molecule has 3 heterocycles. The summed E-state index contributed by atoms with van der Waals surface area (Å²) in [6, 6.07) is 22.1. The molecule has 5 aromatic rings. The first-order valence-corrected chi connectivity index (χ1v) is 12.1. The number of nitrogens with one attached hydrogen (secondary N) is 1. The molecule has 0 fully saturated rings. The first kappa shape index (κ1) is 23.3. The highest BCUT2D eigenvalue weighted by Crippen LogP contribution is 2.23. The molecular weight excluding hydrogens is 476 g/mol. The normalized spacial score (nSPS) is 10.8. The molecule has 0 aliphatic carbocycles. The van der Waals surface area contributed by atoms with E-state index in [4.69, 9.17) is 9.15 Å². The predicted octanol–water partition coefficient (Wildman–Crippen LogP) is 5.44. The summed E-state index contributed by atoms with van der Waals surface area (Å²) in [5.41, 5.74) is 3.84. The van der Waals surface area contributed by atoms with E-state index in [1.165, 1.54) is 16.0 Å². The second-order valence-corrected chi connectivity index (χ2v) is 8.93. The minimum atomic E-state index is -0.545. The number of rotatable bonds is 8. The molecular formula is C27H22N4O4S. The maximum absolute atomic E-state index is 13.0. The van der Waals surface area contributed by atoms with Gasteiger partial charge in [0.25, 0.3) is 0 Å². The average molecular weight is 499 g/mol. The predicted molar refractivity (Wildman–Crippen MR) is 136 cm³/mol. The van der Waals surface area contributed by atoms with Gasteiger partial charge in [-0.2, -0.15) is 5.10 Å². The lowest BCUT2D eigenvalue weighted by atomic mass is 10.2. The molecule has 9 heteroatoms. The van der Waals surface area contributed by atoms with Gasteiger partial charge in [-0.1, -0.05) is 36.4 Å². The van der Waals surface area contributed by atoms with Crippen LogP contribution >= 0.6 is 11.3 Å². The van der Waals surface area contributed by atoms with E-state index >= 15 is 0 Å². The van der Waals surface area contributed by atoms with E-state index in [1.807, 2.05) is 61.5 Å². The Hall–Kier alpha value is -4.50. The number of aromatic nitrogens is 3. The van der Waals surface area contributed by atoms with Gasteiger partial charge in [0.05, 0.1) is 24.1 Å². The molecule has 0 aliphatic rings. The molecule has 1 amide bonds. The van der Waals surface area contributed by atoms with Crippen molar-refractivity contribution in [2.45, 2.75) is 20.0 Å². The Morgan fingerprint density at radius 3 is 2.64 bits per heavy atom. The lowest BCUT2D eigenvalue weighted by molar-refractivity contribution is -0.115. The summed E-state index contributed by atoms with van der Waals surface area (Å²) >= 11 is 1.35. The van der Waals surface area contributed by atoms with Gasteiger partial charge in [-0.25, -0.2) is 14.5 Å². The molecule has 1 N–H and O–H groups in total. The zero-order chi connectivity index (χ0) is 24.9. The highest BCUT2D eigenvalue weighted by atomic mass is 32.1.